The Morgan fingerprint density at radius 1 is 1.41 bits per heavy atom. The van der Waals surface area contributed by atoms with E-state index < -0.39 is 0 Å². The van der Waals surface area contributed by atoms with Crippen molar-refractivity contribution >= 4 is 22.9 Å². The van der Waals surface area contributed by atoms with E-state index in [-0.39, 0.29) is 5.41 Å². The van der Waals surface area contributed by atoms with Gasteiger partial charge in [0.25, 0.3) is 0 Å². The minimum atomic E-state index is 0.219. The lowest BCUT2D eigenvalue weighted by Crippen LogP contribution is -2.39. The van der Waals surface area contributed by atoms with Gasteiger partial charge in [-0.15, -0.1) is 0 Å². The van der Waals surface area contributed by atoms with Gasteiger partial charge in [-0.2, -0.15) is 0 Å². The molecule has 0 spiro atoms. The Morgan fingerprint density at radius 2 is 2.00 bits per heavy atom. The predicted octanol–water partition coefficient (Wildman–Crippen LogP) is 2.59. The molecule has 0 aromatic carbocycles. The fraction of sp³-hybridized carbons (Fsp3) is 0.538. The summed E-state index contributed by atoms with van der Waals surface area (Å²) in [7, 11) is 2.08. The van der Waals surface area contributed by atoms with Crippen molar-refractivity contribution in [2.24, 2.45) is 11.1 Å². The van der Waals surface area contributed by atoms with Gasteiger partial charge in [-0.3, -0.25) is 4.98 Å². The number of hydrogen-bond donors (Lipinski definition) is 1. The number of nitrogens with two attached hydrogens (primary N) is 1. The molecule has 94 valence electrons. The van der Waals surface area contributed by atoms with Crippen molar-refractivity contribution in [1.82, 2.24) is 4.98 Å². The van der Waals surface area contributed by atoms with Crippen LogP contribution in [0.1, 0.15) is 33.4 Å². The zero-order chi connectivity index (χ0) is 13.2. The van der Waals surface area contributed by atoms with Crippen molar-refractivity contribution < 1.29 is 0 Å². The van der Waals surface area contributed by atoms with E-state index in [9.17, 15) is 0 Å². The third-order valence-corrected chi connectivity index (χ3v) is 3.45. The van der Waals surface area contributed by atoms with Gasteiger partial charge in [0.2, 0.25) is 0 Å². The molecule has 1 heterocycles. The van der Waals surface area contributed by atoms with Gasteiger partial charge in [0.05, 0.1) is 17.6 Å². The molecular formula is C13H21N3S. The summed E-state index contributed by atoms with van der Waals surface area (Å²) in [6.45, 7) is 8.89. The van der Waals surface area contributed by atoms with Gasteiger partial charge in [0.15, 0.2) is 0 Å². The highest BCUT2D eigenvalue weighted by Crippen LogP contribution is 2.26. The summed E-state index contributed by atoms with van der Waals surface area (Å²) in [5.41, 5.74) is 7.49. The van der Waals surface area contributed by atoms with Gasteiger partial charge < -0.3 is 10.6 Å². The van der Waals surface area contributed by atoms with Crippen molar-refractivity contribution in [3.05, 3.63) is 24.0 Å². The van der Waals surface area contributed by atoms with Gasteiger partial charge in [-0.1, -0.05) is 33.0 Å². The summed E-state index contributed by atoms with van der Waals surface area (Å²) >= 11 is 4.88. The molecule has 1 atom stereocenters. The molecule has 0 aliphatic heterocycles. The van der Waals surface area contributed by atoms with Crippen LogP contribution in [0.15, 0.2) is 18.3 Å². The second kappa shape index (κ2) is 5.00. The molecule has 1 rings (SSSR count). The van der Waals surface area contributed by atoms with Crippen LogP contribution in [-0.2, 0) is 0 Å². The molecule has 1 aromatic rings. The van der Waals surface area contributed by atoms with Crippen molar-refractivity contribution in [2.75, 3.05) is 11.9 Å². The first-order valence-electron chi connectivity index (χ1n) is 5.72. The second-order valence-electron chi connectivity index (χ2n) is 5.42. The molecule has 0 aliphatic carbocycles. The smallest absolute Gasteiger partial charge is 0.122 e. The Balaban J connectivity index is 2.90. The third-order valence-electron chi connectivity index (χ3n) is 3.24. The van der Waals surface area contributed by atoms with Crippen molar-refractivity contribution in [3.8, 4) is 0 Å². The molecule has 0 saturated carbocycles. The van der Waals surface area contributed by atoms with E-state index in [1.807, 2.05) is 18.3 Å². The molecule has 2 N–H and O–H groups in total. The van der Waals surface area contributed by atoms with E-state index in [0.29, 0.717) is 16.7 Å². The van der Waals surface area contributed by atoms with Crippen LogP contribution >= 0.6 is 12.2 Å². The maximum atomic E-state index is 5.52. The van der Waals surface area contributed by atoms with Crippen LogP contribution < -0.4 is 10.6 Å². The van der Waals surface area contributed by atoms with Gasteiger partial charge in [0.1, 0.15) is 4.99 Å². The fourth-order valence-corrected chi connectivity index (χ4v) is 1.67. The van der Waals surface area contributed by atoms with E-state index >= 15 is 0 Å². The minimum absolute atomic E-state index is 0.219. The topological polar surface area (TPSA) is 42.1 Å². The lowest BCUT2D eigenvalue weighted by molar-refractivity contribution is 0.329. The minimum Gasteiger partial charge on any atom is -0.388 e. The molecule has 0 bridgehead atoms. The Hall–Kier alpha value is -1.16. The Labute approximate surface area is 109 Å². The fourth-order valence-electron chi connectivity index (χ4n) is 1.55. The van der Waals surface area contributed by atoms with Gasteiger partial charge in [-0.05, 0) is 24.5 Å². The maximum Gasteiger partial charge on any atom is 0.122 e. The van der Waals surface area contributed by atoms with Gasteiger partial charge in [-0.25, -0.2) is 0 Å². The molecule has 0 radical (unpaired) electrons. The largest absolute Gasteiger partial charge is 0.388 e. The number of rotatable bonds is 3. The standard InChI is InChI=1S/C13H21N3S/c1-9(13(2,3)4)16(5)10-6-7-11(12(14)17)15-8-10/h6-9H,1-5H3,(H2,14,17). The number of hydrogen-bond acceptors (Lipinski definition) is 3. The third kappa shape index (κ3) is 3.40. The van der Waals surface area contributed by atoms with Crippen LogP contribution in [0, 0.1) is 5.41 Å². The van der Waals surface area contributed by atoms with Crippen LogP contribution in [0.25, 0.3) is 0 Å². The number of thiocarbonyl (C=S) groups is 1. The lowest BCUT2D eigenvalue weighted by atomic mass is 9.87. The summed E-state index contributed by atoms with van der Waals surface area (Å²) < 4.78 is 0. The molecule has 0 fully saturated rings. The van der Waals surface area contributed by atoms with Gasteiger partial charge >= 0.3 is 0 Å². The number of pyridine rings is 1. The van der Waals surface area contributed by atoms with Crippen LogP contribution in [0.4, 0.5) is 5.69 Å². The van der Waals surface area contributed by atoms with Crippen molar-refractivity contribution in [3.63, 3.8) is 0 Å². The zero-order valence-corrected chi connectivity index (χ0v) is 12.0. The van der Waals surface area contributed by atoms with E-state index in [4.69, 9.17) is 18.0 Å². The molecule has 0 amide bonds. The second-order valence-corrected chi connectivity index (χ2v) is 5.86. The molecule has 4 heteroatoms. The van der Waals surface area contributed by atoms with E-state index in [0.717, 1.165) is 5.69 Å². The molecular weight excluding hydrogens is 230 g/mol. The summed E-state index contributed by atoms with van der Waals surface area (Å²) in [6, 6.07) is 4.28. The van der Waals surface area contributed by atoms with Crippen LogP contribution in [0.2, 0.25) is 0 Å². The van der Waals surface area contributed by atoms with E-state index in [1.54, 1.807) is 0 Å². The first-order valence-corrected chi connectivity index (χ1v) is 6.13. The van der Waals surface area contributed by atoms with Crippen molar-refractivity contribution in [1.29, 1.82) is 0 Å². The van der Waals surface area contributed by atoms with Crippen LogP contribution in [-0.4, -0.2) is 23.1 Å². The molecule has 17 heavy (non-hydrogen) atoms. The number of aromatic nitrogens is 1. The maximum absolute atomic E-state index is 5.52. The first-order chi connectivity index (χ1) is 7.73. The van der Waals surface area contributed by atoms with Crippen LogP contribution in [0.5, 0.6) is 0 Å². The summed E-state index contributed by atoms with van der Waals surface area (Å²) in [6.07, 6.45) is 1.82. The summed E-state index contributed by atoms with van der Waals surface area (Å²) in [5, 5.41) is 0. The van der Waals surface area contributed by atoms with Gasteiger partial charge in [0, 0.05) is 13.1 Å². The quantitative estimate of drug-likeness (QED) is 0.839. The average Bonchev–Trinajstić information content (AvgIpc) is 2.26. The number of nitrogens with zero attached hydrogens (tertiary/aromatic N) is 2. The Kier molecular flexibility index (Phi) is 4.09. The van der Waals surface area contributed by atoms with E-state index in [1.165, 1.54) is 0 Å². The van der Waals surface area contributed by atoms with Crippen LogP contribution in [0.3, 0.4) is 0 Å². The molecule has 3 nitrogen and oxygen atoms in total. The monoisotopic (exact) mass is 251 g/mol. The Morgan fingerprint density at radius 3 is 2.35 bits per heavy atom. The summed E-state index contributed by atoms with van der Waals surface area (Å²) in [5.74, 6) is 0. The highest BCUT2D eigenvalue weighted by Gasteiger charge is 2.24. The molecule has 0 aliphatic rings. The lowest BCUT2D eigenvalue weighted by Gasteiger charge is -2.36. The normalized spacial score (nSPS) is 13.2. The molecule has 0 saturated heterocycles. The highest BCUT2D eigenvalue weighted by atomic mass is 32.1. The first kappa shape index (κ1) is 13.9. The summed E-state index contributed by atoms with van der Waals surface area (Å²) in [4.78, 5) is 6.81. The zero-order valence-electron chi connectivity index (χ0n) is 11.2. The van der Waals surface area contributed by atoms with Crippen molar-refractivity contribution in [2.45, 2.75) is 33.7 Å². The average molecular weight is 251 g/mol. The molecule has 1 aromatic heterocycles. The van der Waals surface area contributed by atoms with E-state index in [2.05, 4.69) is 44.6 Å². The Bertz CT molecular complexity index is 392. The predicted molar refractivity (Wildman–Crippen MR) is 77.4 cm³/mol. The number of anilines is 1. The SMILES string of the molecule is CC(N(C)c1ccc(C(N)=S)nc1)C(C)(C)C. The molecule has 1 unspecified atom stereocenters. The highest BCUT2D eigenvalue weighted by molar-refractivity contribution is 7.80.